The zero-order chi connectivity index (χ0) is 18.7. The van der Waals surface area contributed by atoms with Crippen LogP contribution in [0, 0.1) is 0 Å². The highest BCUT2D eigenvalue weighted by Crippen LogP contribution is 2.33. The second-order valence-electron chi connectivity index (χ2n) is 7.02. The summed E-state index contributed by atoms with van der Waals surface area (Å²) in [7, 11) is 0. The van der Waals surface area contributed by atoms with Gasteiger partial charge in [0.25, 0.3) is 0 Å². The van der Waals surface area contributed by atoms with Gasteiger partial charge in [0.2, 0.25) is 4.96 Å². The summed E-state index contributed by atoms with van der Waals surface area (Å²) in [5.74, 6) is 0.645. The van der Waals surface area contributed by atoms with Crippen LogP contribution in [-0.4, -0.2) is 14.6 Å². The first-order valence-corrected chi connectivity index (χ1v) is 11.0. The molecule has 0 bridgehead atoms. The number of hydrogen-bond acceptors (Lipinski definition) is 6. The highest BCUT2D eigenvalue weighted by Gasteiger charge is 2.17. The number of aromatic nitrogens is 3. The molecule has 3 aromatic heterocycles. The number of hydrogen-bond donors (Lipinski definition) is 0. The van der Waals surface area contributed by atoms with Crippen LogP contribution in [0.1, 0.15) is 23.1 Å². The monoisotopic (exact) mass is 405 g/mol. The first kappa shape index (κ1) is 16.3. The predicted molar refractivity (Wildman–Crippen MR) is 112 cm³/mol. The second-order valence-corrected chi connectivity index (χ2v) is 8.97. The third-order valence-electron chi connectivity index (χ3n) is 5.31. The number of rotatable bonds is 3. The van der Waals surface area contributed by atoms with Gasteiger partial charge in [0, 0.05) is 17.2 Å². The summed E-state index contributed by atoms with van der Waals surface area (Å²) in [5, 5.41) is 10.6. The molecule has 5 aromatic rings. The van der Waals surface area contributed by atoms with Crippen molar-refractivity contribution in [1.82, 2.24) is 14.6 Å². The molecule has 0 saturated carbocycles. The van der Waals surface area contributed by atoms with Crippen LogP contribution in [0.25, 0.3) is 26.1 Å². The zero-order valence-electron chi connectivity index (χ0n) is 14.8. The van der Waals surface area contributed by atoms with E-state index in [-0.39, 0.29) is 5.63 Å². The average Bonchev–Trinajstić information content (AvgIpc) is 3.39. The lowest BCUT2D eigenvalue weighted by atomic mass is 10.0. The predicted octanol–water partition coefficient (Wildman–Crippen LogP) is 4.83. The molecule has 0 aliphatic heterocycles. The molecule has 0 spiro atoms. The summed E-state index contributed by atoms with van der Waals surface area (Å²) in [5.41, 5.74) is 5.18. The Morgan fingerprint density at radius 3 is 2.89 bits per heavy atom. The number of thiazole rings is 1. The molecule has 0 amide bonds. The second kappa shape index (κ2) is 6.18. The Morgan fingerprint density at radius 2 is 1.96 bits per heavy atom. The van der Waals surface area contributed by atoms with Gasteiger partial charge in [0.15, 0.2) is 5.16 Å². The Kier molecular flexibility index (Phi) is 3.61. The van der Waals surface area contributed by atoms with Crippen LogP contribution in [0.3, 0.4) is 0 Å². The summed E-state index contributed by atoms with van der Waals surface area (Å²) in [6, 6.07) is 14.1. The normalized spacial score (nSPS) is 13.7. The highest BCUT2D eigenvalue weighted by molar-refractivity contribution is 7.98. The van der Waals surface area contributed by atoms with Gasteiger partial charge in [-0.2, -0.15) is 0 Å². The lowest BCUT2D eigenvalue weighted by Gasteiger charge is -2.07. The van der Waals surface area contributed by atoms with Gasteiger partial charge < -0.3 is 4.42 Å². The topological polar surface area (TPSA) is 60.4 Å². The maximum Gasteiger partial charge on any atom is 0.336 e. The summed E-state index contributed by atoms with van der Waals surface area (Å²) in [6.07, 6.45) is 3.34. The zero-order valence-corrected chi connectivity index (χ0v) is 16.5. The SMILES string of the molecule is O=c1cc(CSc2nnc3sc4ccccc4n23)c2cc3c(cc2o1)CCC3. The number of fused-ring (bicyclic) bond motifs is 5. The summed E-state index contributed by atoms with van der Waals surface area (Å²) in [6.45, 7) is 0. The van der Waals surface area contributed by atoms with Gasteiger partial charge >= 0.3 is 5.63 Å². The van der Waals surface area contributed by atoms with Gasteiger partial charge in [-0.25, -0.2) is 4.79 Å². The Balaban J connectivity index is 1.43. The van der Waals surface area contributed by atoms with Gasteiger partial charge in [0.05, 0.1) is 10.2 Å². The Labute approximate surface area is 168 Å². The largest absolute Gasteiger partial charge is 0.423 e. The molecule has 1 aliphatic carbocycles. The van der Waals surface area contributed by atoms with E-state index in [1.54, 1.807) is 29.2 Å². The van der Waals surface area contributed by atoms with Gasteiger partial charge in [0.1, 0.15) is 5.58 Å². The van der Waals surface area contributed by atoms with Crippen LogP contribution in [0.15, 0.2) is 56.8 Å². The van der Waals surface area contributed by atoms with E-state index < -0.39 is 0 Å². The minimum absolute atomic E-state index is 0.298. The molecule has 0 atom stereocenters. The van der Waals surface area contributed by atoms with Gasteiger partial charge in [-0.05, 0) is 60.2 Å². The molecule has 0 saturated heterocycles. The average molecular weight is 406 g/mol. The maximum absolute atomic E-state index is 12.1. The summed E-state index contributed by atoms with van der Waals surface area (Å²) < 4.78 is 8.77. The van der Waals surface area contributed by atoms with E-state index in [1.165, 1.54) is 22.2 Å². The fourth-order valence-corrected chi connectivity index (χ4v) is 5.96. The molecule has 0 radical (unpaired) electrons. The number of thioether (sulfide) groups is 1. The fraction of sp³-hybridized carbons (Fsp3) is 0.190. The standard InChI is InChI=1S/C21H15N3O2S2/c25-19-10-14(15-8-12-4-3-5-13(12)9-17(15)26-19)11-27-20-22-23-21-24(20)16-6-1-2-7-18(16)28-21/h1-2,6-10H,3-5,11H2. The van der Waals surface area contributed by atoms with E-state index in [0.717, 1.165) is 39.4 Å². The van der Waals surface area contributed by atoms with Crippen LogP contribution in [0.5, 0.6) is 0 Å². The van der Waals surface area contributed by atoms with Crippen molar-refractivity contribution < 1.29 is 4.42 Å². The van der Waals surface area contributed by atoms with Crippen LogP contribution in [-0.2, 0) is 18.6 Å². The number of aryl methyl sites for hydroxylation is 2. The molecule has 1 aliphatic rings. The highest BCUT2D eigenvalue weighted by atomic mass is 32.2. The quantitative estimate of drug-likeness (QED) is 0.318. The van der Waals surface area contributed by atoms with Gasteiger partial charge in [-0.15, -0.1) is 10.2 Å². The molecule has 0 N–H and O–H groups in total. The minimum Gasteiger partial charge on any atom is -0.423 e. The van der Waals surface area contributed by atoms with E-state index in [4.69, 9.17) is 4.42 Å². The summed E-state index contributed by atoms with van der Waals surface area (Å²) >= 11 is 3.24. The molecular formula is C21H15N3O2S2. The molecule has 2 aromatic carbocycles. The lowest BCUT2D eigenvalue weighted by molar-refractivity contribution is 0.559. The molecule has 0 unspecified atom stereocenters. The van der Waals surface area contributed by atoms with E-state index in [2.05, 4.69) is 38.9 Å². The van der Waals surface area contributed by atoms with Crippen molar-refractivity contribution in [2.45, 2.75) is 30.2 Å². The Morgan fingerprint density at radius 1 is 1.11 bits per heavy atom. The number of para-hydroxylation sites is 1. The molecule has 138 valence electrons. The molecule has 28 heavy (non-hydrogen) atoms. The van der Waals surface area contributed by atoms with E-state index >= 15 is 0 Å². The Hall–Kier alpha value is -2.64. The van der Waals surface area contributed by atoms with Crippen molar-refractivity contribution >= 4 is 49.2 Å². The maximum atomic E-state index is 12.1. The van der Waals surface area contributed by atoms with E-state index in [9.17, 15) is 4.79 Å². The van der Waals surface area contributed by atoms with Crippen LogP contribution in [0.2, 0.25) is 0 Å². The van der Waals surface area contributed by atoms with Crippen LogP contribution < -0.4 is 5.63 Å². The third kappa shape index (κ3) is 2.50. The smallest absolute Gasteiger partial charge is 0.336 e. The Bertz CT molecular complexity index is 1430. The van der Waals surface area contributed by atoms with Crippen molar-refractivity contribution in [3.05, 3.63) is 69.6 Å². The lowest BCUT2D eigenvalue weighted by Crippen LogP contribution is -2.01. The molecular weight excluding hydrogens is 390 g/mol. The molecule has 0 fully saturated rings. The third-order valence-corrected chi connectivity index (χ3v) is 7.30. The fourth-order valence-electron chi connectivity index (χ4n) is 4.01. The number of nitrogens with zero attached hydrogens (tertiary/aromatic N) is 3. The van der Waals surface area contributed by atoms with Gasteiger partial charge in [-0.3, -0.25) is 4.40 Å². The van der Waals surface area contributed by atoms with Crippen LogP contribution in [0.4, 0.5) is 0 Å². The van der Waals surface area contributed by atoms with E-state index in [1.807, 2.05) is 12.1 Å². The van der Waals surface area contributed by atoms with Crippen molar-refractivity contribution in [1.29, 1.82) is 0 Å². The van der Waals surface area contributed by atoms with Crippen molar-refractivity contribution in [2.24, 2.45) is 0 Å². The summed E-state index contributed by atoms with van der Waals surface area (Å²) in [4.78, 5) is 13.0. The first-order chi connectivity index (χ1) is 13.8. The van der Waals surface area contributed by atoms with Crippen molar-refractivity contribution in [3.8, 4) is 0 Å². The van der Waals surface area contributed by atoms with Crippen LogP contribution >= 0.6 is 23.1 Å². The molecule has 6 rings (SSSR count). The van der Waals surface area contributed by atoms with Crippen molar-refractivity contribution in [2.75, 3.05) is 0 Å². The first-order valence-electron chi connectivity index (χ1n) is 9.20. The minimum atomic E-state index is -0.298. The van der Waals surface area contributed by atoms with Gasteiger partial charge in [-0.1, -0.05) is 35.2 Å². The molecule has 5 nitrogen and oxygen atoms in total. The molecule has 7 heteroatoms. The number of benzene rings is 2. The van der Waals surface area contributed by atoms with E-state index in [0.29, 0.717) is 11.3 Å². The molecule has 3 heterocycles. The van der Waals surface area contributed by atoms with Crippen molar-refractivity contribution in [3.63, 3.8) is 0 Å².